The van der Waals surface area contributed by atoms with Crippen molar-refractivity contribution in [3.63, 3.8) is 0 Å². The molecule has 8 aromatic carbocycles. The Morgan fingerprint density at radius 3 is 1.88 bits per heavy atom. The summed E-state index contributed by atoms with van der Waals surface area (Å²) in [6.45, 7) is 7.76. The molecular formula is C50H38O. The number of benzene rings is 8. The van der Waals surface area contributed by atoms with E-state index >= 15 is 0 Å². The van der Waals surface area contributed by atoms with Crippen molar-refractivity contribution in [3.8, 4) is 44.5 Å². The fourth-order valence-corrected chi connectivity index (χ4v) is 7.27. The first-order chi connectivity index (χ1) is 34.4. The molecule has 1 nitrogen and oxygen atoms in total. The van der Waals surface area contributed by atoms with Gasteiger partial charge >= 0.3 is 0 Å². The predicted molar refractivity (Wildman–Crippen MR) is 217 cm³/mol. The van der Waals surface area contributed by atoms with Gasteiger partial charge in [-0.05, 0) is 121 Å². The second kappa shape index (κ2) is 10.8. The SMILES string of the molecule is [2H]c1c([2H])c(-c2c([2H])c([2H])c([2H])c3c2-c2c([2H])c(C)c([2H])c([2H])c2C3(C)C)c([2H])c(-c2c3c([2H])c([2H])c([2H])c([2H])c3c(-c3c([2H])c([2H])c([2H])c4oc5c(C)c(C)c([2H])c([2H])c5c34)c3c([2H])c([2H])c([2H])c([2H])c23)c1[2H]. The van der Waals surface area contributed by atoms with Crippen molar-refractivity contribution in [2.45, 2.75) is 40.0 Å². The monoisotopic (exact) mass is 677 g/mol. The van der Waals surface area contributed by atoms with Crippen LogP contribution in [0.3, 0.4) is 0 Å². The molecule has 0 unspecified atom stereocenters. The zero-order valence-corrected chi connectivity index (χ0v) is 27.9. The highest BCUT2D eigenvalue weighted by Crippen LogP contribution is 2.53. The van der Waals surface area contributed by atoms with Gasteiger partial charge in [-0.2, -0.15) is 0 Å². The third-order valence-electron chi connectivity index (χ3n) is 9.86. The molecule has 0 saturated carbocycles. The quantitative estimate of drug-likeness (QED) is 0.170. The van der Waals surface area contributed by atoms with Gasteiger partial charge in [0.05, 0.1) is 31.5 Å². The number of hydrogen-bond donors (Lipinski definition) is 0. The Bertz CT molecular complexity index is 4140. The predicted octanol–water partition coefficient (Wildman–Crippen LogP) is 14.1. The molecule has 0 atom stereocenters. The normalized spacial score (nSPS) is 19.7. The van der Waals surface area contributed by atoms with Crippen molar-refractivity contribution in [2.75, 3.05) is 0 Å². The van der Waals surface area contributed by atoms with Crippen LogP contribution < -0.4 is 0 Å². The Hall–Kier alpha value is -5.92. The Morgan fingerprint density at radius 1 is 0.490 bits per heavy atom. The van der Waals surface area contributed by atoms with Gasteiger partial charge in [0.2, 0.25) is 0 Å². The summed E-state index contributed by atoms with van der Waals surface area (Å²) in [7, 11) is 0. The molecule has 1 heteroatoms. The molecule has 0 aliphatic heterocycles. The van der Waals surface area contributed by atoms with E-state index in [1.54, 1.807) is 27.7 Å². The maximum Gasteiger partial charge on any atom is 0.138 e. The molecule has 0 spiro atoms. The van der Waals surface area contributed by atoms with Gasteiger partial charge < -0.3 is 4.42 Å². The van der Waals surface area contributed by atoms with Crippen molar-refractivity contribution >= 4 is 43.5 Å². The van der Waals surface area contributed by atoms with E-state index in [1.807, 2.05) is 0 Å². The van der Waals surface area contributed by atoms with Crippen LogP contribution in [0.15, 0.2) is 143 Å². The van der Waals surface area contributed by atoms with E-state index in [0.29, 0.717) is 11.1 Å². The Kier molecular flexibility index (Phi) is 3.12. The number of rotatable bonds is 3. The molecule has 0 radical (unpaired) electrons. The van der Waals surface area contributed by atoms with Crippen LogP contribution in [-0.2, 0) is 5.41 Å². The van der Waals surface area contributed by atoms with Crippen LogP contribution in [-0.4, -0.2) is 0 Å². The van der Waals surface area contributed by atoms with E-state index in [9.17, 15) is 17.8 Å². The lowest BCUT2D eigenvalue weighted by Crippen LogP contribution is -2.14. The molecule has 51 heavy (non-hydrogen) atoms. The van der Waals surface area contributed by atoms with Crippen molar-refractivity contribution in [3.05, 3.63) is 167 Å². The first kappa shape index (κ1) is 14.7. The zero-order valence-electron chi connectivity index (χ0n) is 50.9. The molecule has 0 bridgehead atoms. The summed E-state index contributed by atoms with van der Waals surface area (Å²) < 4.78 is 220. The van der Waals surface area contributed by atoms with Crippen LogP contribution in [0.25, 0.3) is 88.0 Å². The van der Waals surface area contributed by atoms with E-state index in [0.717, 1.165) is 0 Å². The number of hydrogen-bond acceptors (Lipinski definition) is 1. The topological polar surface area (TPSA) is 13.1 Å². The number of furan rings is 1. The Balaban J connectivity index is 1.52. The third-order valence-corrected chi connectivity index (χ3v) is 9.86. The average Bonchev–Trinajstić information content (AvgIpc) is 3.87. The van der Waals surface area contributed by atoms with Crippen molar-refractivity contribution in [2.24, 2.45) is 0 Å². The van der Waals surface area contributed by atoms with Crippen LogP contribution >= 0.6 is 0 Å². The summed E-state index contributed by atoms with van der Waals surface area (Å²) in [5.74, 6) is 0. The van der Waals surface area contributed by atoms with Gasteiger partial charge in [0, 0.05) is 16.2 Å². The van der Waals surface area contributed by atoms with Crippen LogP contribution in [0.4, 0.5) is 0 Å². The first-order valence-corrected chi connectivity index (χ1v) is 16.2. The van der Waals surface area contributed by atoms with Gasteiger partial charge in [-0.25, -0.2) is 0 Å². The first-order valence-electron chi connectivity index (χ1n) is 27.7. The van der Waals surface area contributed by atoms with Crippen LogP contribution in [0.2, 0.25) is 0 Å². The molecule has 0 N–H and O–H groups in total. The maximum atomic E-state index is 10.2. The van der Waals surface area contributed by atoms with E-state index in [4.69, 9.17) is 18.1 Å². The lowest BCUT2D eigenvalue weighted by Gasteiger charge is -2.22. The van der Waals surface area contributed by atoms with E-state index in [1.165, 1.54) is 6.92 Å². The van der Waals surface area contributed by atoms with Gasteiger partial charge in [0.25, 0.3) is 0 Å². The number of aryl methyl sites for hydroxylation is 1. The molecule has 1 heterocycles. The molecule has 0 fully saturated rings. The summed E-state index contributed by atoms with van der Waals surface area (Å²) in [5, 5.41) is -2.87. The summed E-state index contributed by atoms with van der Waals surface area (Å²) in [4.78, 5) is 0. The van der Waals surface area contributed by atoms with Gasteiger partial charge in [-0.15, -0.1) is 0 Å². The minimum absolute atomic E-state index is 0.00344. The van der Waals surface area contributed by atoms with Crippen molar-refractivity contribution in [1.82, 2.24) is 0 Å². The van der Waals surface area contributed by atoms with Gasteiger partial charge in [0.15, 0.2) is 0 Å². The molecule has 1 aliphatic rings. The van der Waals surface area contributed by atoms with Gasteiger partial charge in [-0.3, -0.25) is 0 Å². The van der Waals surface area contributed by atoms with Gasteiger partial charge in [0.1, 0.15) is 11.2 Å². The third kappa shape index (κ3) is 4.22. The summed E-state index contributed by atoms with van der Waals surface area (Å²) >= 11 is 0. The molecule has 9 aromatic rings. The summed E-state index contributed by atoms with van der Waals surface area (Å²) in [6, 6.07) is -16.8. The summed E-state index contributed by atoms with van der Waals surface area (Å²) in [5.41, 5.74) is -4.70. The second-order valence-electron chi connectivity index (χ2n) is 13.1. The lowest BCUT2D eigenvalue weighted by atomic mass is 9.81. The molecular weight excluding hydrogens is 617 g/mol. The Labute approximate surface area is 331 Å². The van der Waals surface area contributed by atoms with E-state index in [-0.39, 0.29) is 73.9 Å². The van der Waals surface area contributed by atoms with Crippen LogP contribution in [0, 0.1) is 20.8 Å². The van der Waals surface area contributed by atoms with Crippen LogP contribution in [0.1, 0.15) is 73.2 Å². The fraction of sp³-hybridized carbons (Fsp3) is 0.120. The molecule has 0 saturated heterocycles. The van der Waals surface area contributed by atoms with Crippen LogP contribution in [0.5, 0.6) is 0 Å². The lowest BCUT2D eigenvalue weighted by molar-refractivity contribution is 0.660. The highest BCUT2D eigenvalue weighted by atomic mass is 16.3. The maximum absolute atomic E-state index is 10.2. The smallest absolute Gasteiger partial charge is 0.138 e. The molecule has 244 valence electrons. The largest absolute Gasteiger partial charge is 0.456 e. The minimum atomic E-state index is -1.41. The molecule has 10 rings (SSSR count). The number of fused-ring (bicyclic) bond motifs is 8. The van der Waals surface area contributed by atoms with Crippen molar-refractivity contribution < 1.29 is 35.9 Å². The fourth-order valence-electron chi connectivity index (χ4n) is 7.27. The zero-order chi connectivity index (χ0) is 54.6. The highest BCUT2D eigenvalue weighted by molar-refractivity contribution is 6.25. The molecule has 1 aliphatic carbocycles. The van der Waals surface area contributed by atoms with Crippen molar-refractivity contribution in [1.29, 1.82) is 0 Å². The minimum Gasteiger partial charge on any atom is -0.456 e. The molecule has 0 amide bonds. The molecule has 1 aromatic heterocycles. The summed E-state index contributed by atoms with van der Waals surface area (Å²) in [6.07, 6.45) is 0. The van der Waals surface area contributed by atoms with E-state index in [2.05, 4.69) is 0 Å². The average molecular weight is 678 g/mol. The Morgan fingerprint density at radius 2 is 1.14 bits per heavy atom. The van der Waals surface area contributed by atoms with E-state index < -0.39 is 175 Å². The highest BCUT2D eigenvalue weighted by Gasteiger charge is 2.36. The standard InChI is InChI=1S/C50H38O/c1-29-23-26-42-41(27-29)47-34(19-11-21-43(47)50(42,4)5)32-13-10-14-33(28-32)45-35-15-6-8-17-37(35)46(38-18-9-7-16-36(38)45)39-20-12-22-44-48(39)40-25-24-30(2)31(3)49(40)51-44/h6-28H,1-5H3/i6D,7D,8D,9D,10D,11D,12D,13D,14D,15D,16D,17D,18D,19D,20D,21D,22D,23D,24D,25D,26D,27D,28D. The van der Waals surface area contributed by atoms with Gasteiger partial charge in [-0.1, -0.05) is 146 Å². The second-order valence-corrected chi connectivity index (χ2v) is 13.1.